The highest BCUT2D eigenvalue weighted by atomic mass is 16.7. The molecule has 0 aliphatic rings. The molecule has 0 radical (unpaired) electrons. The number of carbonyl (C=O) groups is 1. The maximum Gasteiger partial charge on any atom is 0.240 e. The maximum atomic E-state index is 12.5. The SMILES string of the molecule is CCCn1ncc(OC)c1C(=O)C(OCC)OCC. The fourth-order valence-electron chi connectivity index (χ4n) is 1.76. The molecule has 0 saturated carbocycles. The van der Waals surface area contributed by atoms with E-state index < -0.39 is 6.29 Å². The quantitative estimate of drug-likeness (QED) is 0.506. The largest absolute Gasteiger partial charge is 0.493 e. The first kappa shape index (κ1) is 15.7. The first-order chi connectivity index (χ1) is 9.19. The van der Waals surface area contributed by atoms with Crippen LogP contribution in [0.4, 0.5) is 0 Å². The van der Waals surface area contributed by atoms with E-state index in [-0.39, 0.29) is 5.78 Å². The second-order valence-corrected chi connectivity index (χ2v) is 3.89. The summed E-state index contributed by atoms with van der Waals surface area (Å²) in [4.78, 5) is 12.5. The van der Waals surface area contributed by atoms with Crippen LogP contribution < -0.4 is 4.74 Å². The molecule has 1 aromatic rings. The predicted molar refractivity (Wildman–Crippen MR) is 70.4 cm³/mol. The van der Waals surface area contributed by atoms with Gasteiger partial charge in [-0.3, -0.25) is 9.48 Å². The Labute approximate surface area is 113 Å². The maximum absolute atomic E-state index is 12.5. The van der Waals surface area contributed by atoms with Gasteiger partial charge in [0.05, 0.1) is 13.3 Å². The molecule has 0 spiro atoms. The number of ketones is 1. The Morgan fingerprint density at radius 1 is 1.32 bits per heavy atom. The van der Waals surface area contributed by atoms with Gasteiger partial charge in [0.15, 0.2) is 11.4 Å². The minimum Gasteiger partial charge on any atom is -0.493 e. The van der Waals surface area contributed by atoms with Crippen LogP contribution >= 0.6 is 0 Å². The van der Waals surface area contributed by atoms with Crippen LogP contribution in [0.1, 0.15) is 37.7 Å². The summed E-state index contributed by atoms with van der Waals surface area (Å²) >= 11 is 0. The standard InChI is InChI=1S/C13H22N2O4/c1-5-8-15-11(10(17-4)9-14-15)12(16)13(18-6-2)19-7-3/h9,13H,5-8H2,1-4H3. The molecule has 0 amide bonds. The lowest BCUT2D eigenvalue weighted by Crippen LogP contribution is -2.30. The van der Waals surface area contributed by atoms with Crippen molar-refractivity contribution in [3.63, 3.8) is 0 Å². The molecule has 6 nitrogen and oxygen atoms in total. The number of nitrogens with zero attached hydrogens (tertiary/aromatic N) is 2. The first-order valence-corrected chi connectivity index (χ1v) is 6.56. The smallest absolute Gasteiger partial charge is 0.240 e. The number of Topliss-reactive ketones (excluding diaryl/α,β-unsaturated/α-hetero) is 1. The van der Waals surface area contributed by atoms with Crippen molar-refractivity contribution < 1.29 is 19.0 Å². The third-order valence-corrected chi connectivity index (χ3v) is 2.54. The fraction of sp³-hybridized carbons (Fsp3) is 0.692. The molecule has 1 heterocycles. The minimum absolute atomic E-state index is 0.258. The highest BCUT2D eigenvalue weighted by Crippen LogP contribution is 2.21. The van der Waals surface area contributed by atoms with Gasteiger partial charge < -0.3 is 14.2 Å². The van der Waals surface area contributed by atoms with Gasteiger partial charge in [-0.2, -0.15) is 5.10 Å². The lowest BCUT2D eigenvalue weighted by Gasteiger charge is -2.16. The molecule has 0 aliphatic carbocycles. The van der Waals surface area contributed by atoms with Crippen LogP contribution in [0.15, 0.2) is 6.20 Å². The van der Waals surface area contributed by atoms with Gasteiger partial charge in [-0.05, 0) is 20.3 Å². The van der Waals surface area contributed by atoms with Crippen LogP contribution in [0, 0.1) is 0 Å². The van der Waals surface area contributed by atoms with Crippen molar-refractivity contribution in [3.8, 4) is 5.75 Å². The van der Waals surface area contributed by atoms with E-state index >= 15 is 0 Å². The van der Waals surface area contributed by atoms with E-state index in [1.54, 1.807) is 4.68 Å². The first-order valence-electron chi connectivity index (χ1n) is 6.56. The summed E-state index contributed by atoms with van der Waals surface area (Å²) in [6.07, 6.45) is 1.51. The molecule has 0 bridgehead atoms. The van der Waals surface area contributed by atoms with Crippen molar-refractivity contribution >= 4 is 5.78 Å². The Balaban J connectivity index is 3.03. The molecule has 0 N–H and O–H groups in total. The Hall–Kier alpha value is -1.40. The highest BCUT2D eigenvalue weighted by molar-refractivity contribution is 5.99. The summed E-state index contributed by atoms with van der Waals surface area (Å²) in [6.45, 7) is 7.11. The van der Waals surface area contributed by atoms with Crippen LogP contribution in [0.25, 0.3) is 0 Å². The van der Waals surface area contributed by atoms with Gasteiger partial charge in [0.1, 0.15) is 0 Å². The van der Waals surface area contributed by atoms with E-state index in [0.29, 0.717) is 31.2 Å². The third kappa shape index (κ3) is 3.78. The lowest BCUT2D eigenvalue weighted by atomic mass is 10.2. The molecule has 1 rings (SSSR count). The minimum atomic E-state index is -0.906. The van der Waals surface area contributed by atoms with E-state index in [1.807, 2.05) is 20.8 Å². The van der Waals surface area contributed by atoms with Crippen LogP contribution in [-0.4, -0.2) is 42.2 Å². The number of rotatable bonds is 9. The molecule has 6 heteroatoms. The number of aromatic nitrogens is 2. The molecule has 0 aromatic carbocycles. The molecular weight excluding hydrogens is 248 g/mol. The zero-order chi connectivity index (χ0) is 14.3. The summed E-state index contributed by atoms with van der Waals surface area (Å²) in [5.74, 6) is 0.189. The monoisotopic (exact) mass is 270 g/mol. The second kappa shape index (κ2) is 7.91. The van der Waals surface area contributed by atoms with Crippen molar-refractivity contribution in [1.82, 2.24) is 9.78 Å². The van der Waals surface area contributed by atoms with E-state index in [1.165, 1.54) is 13.3 Å². The summed E-state index contributed by atoms with van der Waals surface area (Å²) in [7, 11) is 1.51. The van der Waals surface area contributed by atoms with Crippen LogP contribution in [-0.2, 0) is 16.0 Å². The number of hydrogen-bond donors (Lipinski definition) is 0. The van der Waals surface area contributed by atoms with Gasteiger partial charge in [-0.1, -0.05) is 6.92 Å². The van der Waals surface area contributed by atoms with Gasteiger partial charge in [0.2, 0.25) is 12.1 Å². The summed E-state index contributed by atoms with van der Waals surface area (Å²) in [5.41, 5.74) is 0.399. The number of aryl methyl sites for hydroxylation is 1. The molecule has 19 heavy (non-hydrogen) atoms. The molecular formula is C13H22N2O4. The normalized spacial score (nSPS) is 11.0. The lowest BCUT2D eigenvalue weighted by molar-refractivity contribution is -0.107. The van der Waals surface area contributed by atoms with Gasteiger partial charge in [-0.15, -0.1) is 0 Å². The molecule has 0 saturated heterocycles. The van der Waals surface area contributed by atoms with Crippen molar-refractivity contribution in [2.45, 2.75) is 40.0 Å². The van der Waals surface area contributed by atoms with E-state index in [4.69, 9.17) is 14.2 Å². The van der Waals surface area contributed by atoms with Crippen LogP contribution in [0.3, 0.4) is 0 Å². The number of carbonyl (C=O) groups excluding carboxylic acids is 1. The molecule has 108 valence electrons. The Bertz CT molecular complexity index is 397. The fourth-order valence-corrected chi connectivity index (χ4v) is 1.76. The van der Waals surface area contributed by atoms with E-state index in [2.05, 4.69) is 5.10 Å². The highest BCUT2D eigenvalue weighted by Gasteiger charge is 2.28. The van der Waals surface area contributed by atoms with E-state index in [9.17, 15) is 4.79 Å². The summed E-state index contributed by atoms with van der Waals surface area (Å²) in [6, 6.07) is 0. The molecule has 1 aromatic heterocycles. The third-order valence-electron chi connectivity index (χ3n) is 2.54. The van der Waals surface area contributed by atoms with Gasteiger partial charge in [0.25, 0.3) is 0 Å². The molecule has 0 aliphatic heterocycles. The summed E-state index contributed by atoms with van der Waals surface area (Å²) < 4.78 is 17.5. The topological polar surface area (TPSA) is 62.6 Å². The average molecular weight is 270 g/mol. The van der Waals surface area contributed by atoms with Gasteiger partial charge in [0, 0.05) is 19.8 Å². The number of ether oxygens (including phenoxy) is 3. The average Bonchev–Trinajstić information content (AvgIpc) is 2.81. The van der Waals surface area contributed by atoms with Crippen molar-refractivity contribution in [1.29, 1.82) is 0 Å². The van der Waals surface area contributed by atoms with Gasteiger partial charge in [-0.25, -0.2) is 0 Å². The number of methoxy groups -OCH3 is 1. The molecule has 0 fully saturated rings. The van der Waals surface area contributed by atoms with Crippen molar-refractivity contribution in [2.75, 3.05) is 20.3 Å². The predicted octanol–water partition coefficient (Wildman–Crippen LogP) is 1.88. The van der Waals surface area contributed by atoms with Gasteiger partial charge >= 0.3 is 0 Å². The van der Waals surface area contributed by atoms with Crippen molar-refractivity contribution in [3.05, 3.63) is 11.9 Å². The second-order valence-electron chi connectivity index (χ2n) is 3.89. The molecule has 0 atom stereocenters. The van der Waals surface area contributed by atoms with Crippen LogP contribution in [0.5, 0.6) is 5.75 Å². The zero-order valence-electron chi connectivity index (χ0n) is 12.0. The Kier molecular flexibility index (Phi) is 6.52. The number of hydrogen-bond acceptors (Lipinski definition) is 5. The zero-order valence-corrected chi connectivity index (χ0v) is 12.0. The Morgan fingerprint density at radius 3 is 2.42 bits per heavy atom. The van der Waals surface area contributed by atoms with Crippen LogP contribution in [0.2, 0.25) is 0 Å². The summed E-state index contributed by atoms with van der Waals surface area (Å²) in [5, 5.41) is 4.16. The Morgan fingerprint density at radius 2 is 1.95 bits per heavy atom. The van der Waals surface area contributed by atoms with E-state index in [0.717, 1.165) is 6.42 Å². The molecule has 0 unspecified atom stereocenters. The van der Waals surface area contributed by atoms with Crippen molar-refractivity contribution in [2.24, 2.45) is 0 Å².